The van der Waals surface area contributed by atoms with E-state index in [1.165, 1.54) is 34.9 Å². The van der Waals surface area contributed by atoms with Crippen molar-refractivity contribution in [3.8, 4) is 0 Å². The zero-order valence-electron chi connectivity index (χ0n) is 16.0. The molecular weight excluding hydrogens is 419 g/mol. The number of ether oxygens (including phenoxy) is 1. The first-order chi connectivity index (χ1) is 13.7. The molecule has 0 saturated carbocycles. The number of halogens is 1. The largest absolute Gasteiger partial charge is 0.465 e. The molecule has 1 aliphatic heterocycles. The third kappa shape index (κ3) is 4.65. The van der Waals surface area contributed by atoms with Crippen molar-refractivity contribution in [1.29, 1.82) is 0 Å². The van der Waals surface area contributed by atoms with Gasteiger partial charge < -0.3 is 10.1 Å². The number of methoxy groups -OCH3 is 1. The number of carbonyl (C=O) groups excluding carboxylic acids is 2. The standard InChI is InChI=1S/C19H21FN2O5S2/c1-12-5-8-17(28-12)29(25,26)22-9-3-4-14(11-22)18(23)21-16-10-13(19(24)27-2)6-7-15(16)20/h5-8,10,14H,3-4,9,11H2,1-2H3,(H,21,23). The summed E-state index contributed by atoms with van der Waals surface area (Å²) in [4.78, 5) is 25.2. The van der Waals surface area contributed by atoms with Crippen molar-refractivity contribution >= 4 is 38.9 Å². The minimum Gasteiger partial charge on any atom is -0.465 e. The van der Waals surface area contributed by atoms with Gasteiger partial charge in [0.05, 0.1) is 24.3 Å². The van der Waals surface area contributed by atoms with Crippen LogP contribution in [0, 0.1) is 18.7 Å². The number of benzene rings is 1. The average molecular weight is 441 g/mol. The third-order valence-corrected chi connectivity index (χ3v) is 8.04. The van der Waals surface area contributed by atoms with Gasteiger partial charge in [-0.1, -0.05) is 0 Å². The van der Waals surface area contributed by atoms with E-state index in [1.54, 1.807) is 12.1 Å². The molecule has 0 bridgehead atoms. The Kier molecular flexibility index (Phi) is 6.35. The van der Waals surface area contributed by atoms with Crippen molar-refractivity contribution in [3.05, 3.63) is 46.6 Å². The van der Waals surface area contributed by atoms with E-state index in [1.807, 2.05) is 6.92 Å². The first-order valence-corrected chi connectivity index (χ1v) is 11.2. The second kappa shape index (κ2) is 8.60. The van der Waals surface area contributed by atoms with Crippen LogP contribution in [0.3, 0.4) is 0 Å². The summed E-state index contributed by atoms with van der Waals surface area (Å²) in [5.41, 5.74) is -0.0446. The molecule has 0 spiro atoms. The number of nitrogens with zero attached hydrogens (tertiary/aromatic N) is 1. The lowest BCUT2D eigenvalue weighted by molar-refractivity contribution is -0.120. The quantitative estimate of drug-likeness (QED) is 0.722. The fourth-order valence-electron chi connectivity index (χ4n) is 3.15. The summed E-state index contributed by atoms with van der Waals surface area (Å²) in [5.74, 6) is -2.46. The SMILES string of the molecule is COC(=O)c1ccc(F)c(NC(=O)C2CCCN(S(=O)(=O)c3ccc(C)s3)C2)c1. The Bertz CT molecular complexity index is 1030. The van der Waals surface area contributed by atoms with Crippen LogP contribution in [0.4, 0.5) is 10.1 Å². The van der Waals surface area contributed by atoms with Crippen molar-refractivity contribution in [2.75, 3.05) is 25.5 Å². The highest BCUT2D eigenvalue weighted by atomic mass is 32.2. The molecule has 1 saturated heterocycles. The smallest absolute Gasteiger partial charge is 0.337 e. The predicted octanol–water partition coefficient (Wildman–Crippen LogP) is 3.02. The number of sulfonamides is 1. The number of rotatable bonds is 5. The second-order valence-corrected chi connectivity index (χ2v) is 10.2. The van der Waals surface area contributed by atoms with Gasteiger partial charge in [-0.3, -0.25) is 4.79 Å². The van der Waals surface area contributed by atoms with Crippen LogP contribution in [0.15, 0.2) is 34.5 Å². The molecule has 1 fully saturated rings. The van der Waals surface area contributed by atoms with Crippen molar-refractivity contribution in [2.45, 2.75) is 24.0 Å². The van der Waals surface area contributed by atoms with Crippen molar-refractivity contribution < 1.29 is 27.1 Å². The monoisotopic (exact) mass is 440 g/mol. The Morgan fingerprint density at radius 2 is 2.03 bits per heavy atom. The summed E-state index contributed by atoms with van der Waals surface area (Å²) in [6.07, 6.45) is 1.01. The predicted molar refractivity (Wildman–Crippen MR) is 107 cm³/mol. The van der Waals surface area contributed by atoms with Gasteiger partial charge in [-0.25, -0.2) is 17.6 Å². The number of carbonyl (C=O) groups is 2. The van der Waals surface area contributed by atoms with Crippen LogP contribution in [0.1, 0.15) is 28.1 Å². The Labute approximate surface area is 172 Å². The van der Waals surface area contributed by atoms with Gasteiger partial charge >= 0.3 is 5.97 Å². The normalized spacial score (nSPS) is 17.7. The first-order valence-electron chi connectivity index (χ1n) is 8.97. The number of nitrogens with one attached hydrogen (secondary N) is 1. The van der Waals surface area contributed by atoms with Crippen LogP contribution in [-0.4, -0.2) is 44.8 Å². The van der Waals surface area contributed by atoms with Gasteiger partial charge in [0.1, 0.15) is 10.0 Å². The minimum absolute atomic E-state index is 0.0173. The maximum Gasteiger partial charge on any atom is 0.337 e. The zero-order valence-corrected chi connectivity index (χ0v) is 17.6. The molecule has 1 atom stereocenters. The molecule has 1 aromatic carbocycles. The maximum atomic E-state index is 14.1. The molecule has 1 unspecified atom stereocenters. The van der Waals surface area contributed by atoms with Crippen molar-refractivity contribution in [2.24, 2.45) is 5.92 Å². The molecule has 0 aliphatic carbocycles. The number of hydrogen-bond acceptors (Lipinski definition) is 6. The molecule has 2 heterocycles. The van der Waals surface area contributed by atoms with Crippen molar-refractivity contribution in [3.63, 3.8) is 0 Å². The Balaban J connectivity index is 1.74. The average Bonchev–Trinajstić information content (AvgIpc) is 3.16. The van der Waals surface area contributed by atoms with Crippen LogP contribution in [0.2, 0.25) is 0 Å². The topological polar surface area (TPSA) is 92.8 Å². The molecule has 7 nitrogen and oxygen atoms in total. The zero-order chi connectivity index (χ0) is 21.2. The van der Waals surface area contributed by atoms with E-state index in [4.69, 9.17) is 0 Å². The number of piperidine rings is 1. The number of amides is 1. The van der Waals surface area contributed by atoms with E-state index >= 15 is 0 Å². The third-order valence-electron chi connectivity index (χ3n) is 4.71. The fourth-order valence-corrected chi connectivity index (χ4v) is 6.11. The molecule has 156 valence electrons. The summed E-state index contributed by atoms with van der Waals surface area (Å²) >= 11 is 1.19. The maximum absolute atomic E-state index is 14.1. The summed E-state index contributed by atoms with van der Waals surface area (Å²) in [5, 5.41) is 2.47. The highest BCUT2D eigenvalue weighted by molar-refractivity contribution is 7.91. The van der Waals surface area contributed by atoms with E-state index < -0.39 is 33.6 Å². The summed E-state index contributed by atoms with van der Waals surface area (Å²) in [6, 6.07) is 6.83. The van der Waals surface area contributed by atoms with Gasteiger partial charge in [0.25, 0.3) is 10.0 Å². The Hall–Kier alpha value is -2.30. The van der Waals surface area contributed by atoms with Crippen LogP contribution in [0.25, 0.3) is 0 Å². The van der Waals surface area contributed by atoms with Crippen LogP contribution < -0.4 is 5.32 Å². The number of aryl methyl sites for hydroxylation is 1. The van der Waals surface area contributed by atoms with Gasteiger partial charge in [-0.2, -0.15) is 4.31 Å². The molecule has 1 aromatic heterocycles. The van der Waals surface area contributed by atoms with Gasteiger partial charge in [0.15, 0.2) is 0 Å². The molecule has 29 heavy (non-hydrogen) atoms. The van der Waals surface area contributed by atoms with Gasteiger partial charge in [-0.15, -0.1) is 11.3 Å². The molecule has 10 heteroatoms. The summed E-state index contributed by atoms with van der Waals surface area (Å²) in [6.45, 7) is 2.17. The molecule has 2 aromatic rings. The van der Waals surface area contributed by atoms with E-state index in [2.05, 4.69) is 10.1 Å². The number of hydrogen-bond donors (Lipinski definition) is 1. The fraction of sp³-hybridized carbons (Fsp3) is 0.368. The number of anilines is 1. The van der Waals surface area contributed by atoms with Gasteiger partial charge in [0.2, 0.25) is 5.91 Å². The highest BCUT2D eigenvalue weighted by Crippen LogP contribution is 2.29. The Morgan fingerprint density at radius 3 is 2.69 bits per heavy atom. The van der Waals surface area contributed by atoms with E-state index in [9.17, 15) is 22.4 Å². The highest BCUT2D eigenvalue weighted by Gasteiger charge is 2.34. The molecule has 3 rings (SSSR count). The number of thiophene rings is 1. The molecule has 0 radical (unpaired) electrons. The van der Waals surface area contributed by atoms with E-state index in [0.29, 0.717) is 19.4 Å². The van der Waals surface area contributed by atoms with Crippen LogP contribution >= 0.6 is 11.3 Å². The lowest BCUT2D eigenvalue weighted by Crippen LogP contribution is -2.43. The van der Waals surface area contributed by atoms with Gasteiger partial charge in [0, 0.05) is 18.0 Å². The van der Waals surface area contributed by atoms with Crippen molar-refractivity contribution in [1.82, 2.24) is 4.31 Å². The molecule has 1 aliphatic rings. The molecule has 1 amide bonds. The molecular formula is C19H21FN2O5S2. The van der Waals surface area contributed by atoms with E-state index in [-0.39, 0.29) is 22.0 Å². The second-order valence-electron chi connectivity index (χ2n) is 6.74. The molecule has 1 N–H and O–H groups in total. The summed E-state index contributed by atoms with van der Waals surface area (Å²) < 4.78 is 45.9. The van der Waals surface area contributed by atoms with Crippen LogP contribution in [0.5, 0.6) is 0 Å². The summed E-state index contributed by atoms with van der Waals surface area (Å²) in [7, 11) is -2.47. The number of esters is 1. The first kappa shape index (κ1) is 21.4. The lowest BCUT2D eigenvalue weighted by atomic mass is 9.98. The lowest BCUT2D eigenvalue weighted by Gasteiger charge is -2.30. The Morgan fingerprint density at radius 1 is 1.28 bits per heavy atom. The van der Waals surface area contributed by atoms with Crippen LogP contribution in [-0.2, 0) is 19.6 Å². The van der Waals surface area contributed by atoms with E-state index in [0.717, 1.165) is 10.9 Å². The minimum atomic E-state index is -3.67. The van der Waals surface area contributed by atoms with Gasteiger partial charge in [-0.05, 0) is 50.1 Å².